The zero-order valence-corrected chi connectivity index (χ0v) is 12.3. The van der Waals surface area contributed by atoms with Gasteiger partial charge in [0.2, 0.25) is 0 Å². The third kappa shape index (κ3) is 4.20. The first-order valence-corrected chi connectivity index (χ1v) is 7.41. The maximum Gasteiger partial charge on any atom is 0.119 e. The second kappa shape index (κ2) is 8.25. The number of nitrogens with zero attached hydrogens (tertiary/aromatic N) is 1. The molecule has 1 aliphatic rings. The molecule has 0 unspecified atom stereocenters. The van der Waals surface area contributed by atoms with Gasteiger partial charge in [0, 0.05) is 12.6 Å². The molecule has 0 aromatic heterocycles. The van der Waals surface area contributed by atoms with Gasteiger partial charge < -0.3 is 14.6 Å². The van der Waals surface area contributed by atoms with E-state index >= 15 is 0 Å². The van der Waals surface area contributed by atoms with Gasteiger partial charge in [0.25, 0.3) is 0 Å². The fraction of sp³-hybridized carbons (Fsp3) is 0.625. The second-order valence-electron chi connectivity index (χ2n) is 5.16. The quantitative estimate of drug-likeness (QED) is 0.777. The van der Waals surface area contributed by atoms with Crippen LogP contribution in [0.5, 0.6) is 5.75 Å². The Morgan fingerprint density at radius 1 is 1.30 bits per heavy atom. The molecule has 4 heteroatoms. The van der Waals surface area contributed by atoms with E-state index in [0.717, 1.165) is 18.8 Å². The fourth-order valence-electron chi connectivity index (χ4n) is 2.83. The Hall–Kier alpha value is -1.10. The summed E-state index contributed by atoms with van der Waals surface area (Å²) >= 11 is 0. The van der Waals surface area contributed by atoms with E-state index in [1.54, 1.807) is 7.11 Å². The van der Waals surface area contributed by atoms with E-state index in [-0.39, 0.29) is 6.61 Å². The van der Waals surface area contributed by atoms with E-state index in [9.17, 15) is 0 Å². The molecular formula is C16H25NO3. The highest BCUT2D eigenvalue weighted by molar-refractivity contribution is 5.30. The molecule has 0 radical (unpaired) electrons. The fourth-order valence-corrected chi connectivity index (χ4v) is 2.83. The molecule has 1 aromatic rings. The Balaban J connectivity index is 1.98. The van der Waals surface area contributed by atoms with Gasteiger partial charge in [-0.3, -0.25) is 4.90 Å². The van der Waals surface area contributed by atoms with Crippen LogP contribution in [0.1, 0.15) is 30.9 Å². The van der Waals surface area contributed by atoms with Gasteiger partial charge in [0.05, 0.1) is 26.9 Å². The Morgan fingerprint density at radius 3 is 3.00 bits per heavy atom. The average Bonchev–Trinajstić information content (AvgIpc) is 2.52. The van der Waals surface area contributed by atoms with Crippen molar-refractivity contribution in [1.29, 1.82) is 0 Å². The highest BCUT2D eigenvalue weighted by atomic mass is 16.5. The molecule has 1 fully saturated rings. The predicted octanol–water partition coefficient (Wildman–Crippen LogP) is 2.23. The number of methoxy groups -OCH3 is 1. The topological polar surface area (TPSA) is 41.9 Å². The third-order valence-corrected chi connectivity index (χ3v) is 3.85. The normalized spacial score (nSPS) is 20.0. The molecule has 1 aliphatic heterocycles. The Morgan fingerprint density at radius 2 is 2.20 bits per heavy atom. The van der Waals surface area contributed by atoms with Crippen LogP contribution in [0, 0.1) is 0 Å². The number of aliphatic hydroxyl groups is 1. The summed E-state index contributed by atoms with van der Waals surface area (Å²) in [6.45, 7) is 3.24. The highest BCUT2D eigenvalue weighted by Crippen LogP contribution is 2.32. The predicted molar refractivity (Wildman–Crippen MR) is 79.1 cm³/mol. The van der Waals surface area contributed by atoms with Crippen LogP contribution in [0.15, 0.2) is 24.3 Å². The van der Waals surface area contributed by atoms with Crippen molar-refractivity contribution < 1.29 is 14.6 Å². The second-order valence-corrected chi connectivity index (χ2v) is 5.16. The molecule has 0 saturated carbocycles. The Labute approximate surface area is 121 Å². The van der Waals surface area contributed by atoms with Gasteiger partial charge in [-0.2, -0.15) is 0 Å². The Kier molecular flexibility index (Phi) is 6.30. The number of hydrogen-bond donors (Lipinski definition) is 1. The van der Waals surface area contributed by atoms with Crippen LogP contribution in [0.25, 0.3) is 0 Å². The van der Waals surface area contributed by atoms with Crippen molar-refractivity contribution in [2.45, 2.75) is 25.3 Å². The largest absolute Gasteiger partial charge is 0.497 e. The smallest absolute Gasteiger partial charge is 0.119 e. The number of ether oxygens (including phenoxy) is 2. The first kappa shape index (κ1) is 15.3. The minimum Gasteiger partial charge on any atom is -0.497 e. The number of piperidine rings is 1. The monoisotopic (exact) mass is 279 g/mol. The molecule has 1 aromatic carbocycles. The number of rotatable bonds is 7. The molecule has 112 valence electrons. The highest BCUT2D eigenvalue weighted by Gasteiger charge is 2.23. The van der Waals surface area contributed by atoms with Crippen LogP contribution in [0.3, 0.4) is 0 Å². The zero-order valence-electron chi connectivity index (χ0n) is 12.3. The van der Waals surface area contributed by atoms with Crippen molar-refractivity contribution in [2.75, 3.05) is 40.0 Å². The van der Waals surface area contributed by atoms with E-state index < -0.39 is 0 Å². The zero-order chi connectivity index (χ0) is 14.2. The summed E-state index contributed by atoms with van der Waals surface area (Å²) in [6.07, 6.45) is 3.71. The lowest BCUT2D eigenvalue weighted by Crippen LogP contribution is -2.36. The van der Waals surface area contributed by atoms with Crippen LogP contribution in [0.2, 0.25) is 0 Å². The summed E-state index contributed by atoms with van der Waals surface area (Å²) < 4.78 is 10.7. The van der Waals surface area contributed by atoms with Gasteiger partial charge >= 0.3 is 0 Å². The van der Waals surface area contributed by atoms with Crippen LogP contribution in [-0.4, -0.2) is 50.0 Å². The van der Waals surface area contributed by atoms with Crippen LogP contribution >= 0.6 is 0 Å². The molecule has 1 N–H and O–H groups in total. The average molecular weight is 279 g/mol. The van der Waals surface area contributed by atoms with E-state index in [1.807, 2.05) is 6.07 Å². The molecule has 0 aliphatic carbocycles. The molecule has 1 heterocycles. The molecule has 1 atom stereocenters. The maximum absolute atomic E-state index is 8.74. The van der Waals surface area contributed by atoms with Crippen molar-refractivity contribution >= 4 is 0 Å². The van der Waals surface area contributed by atoms with Gasteiger partial charge in [-0.05, 0) is 37.1 Å². The first-order chi connectivity index (χ1) is 9.85. The lowest BCUT2D eigenvalue weighted by atomic mass is 9.95. The molecule has 0 bridgehead atoms. The summed E-state index contributed by atoms with van der Waals surface area (Å²) in [5, 5.41) is 8.74. The maximum atomic E-state index is 8.74. The van der Waals surface area contributed by atoms with Crippen molar-refractivity contribution in [3.8, 4) is 5.75 Å². The summed E-state index contributed by atoms with van der Waals surface area (Å²) in [7, 11) is 1.71. The van der Waals surface area contributed by atoms with E-state index in [0.29, 0.717) is 19.3 Å². The summed E-state index contributed by atoms with van der Waals surface area (Å²) in [5.74, 6) is 0.921. The van der Waals surface area contributed by atoms with Crippen LogP contribution < -0.4 is 4.74 Å². The van der Waals surface area contributed by atoms with Crippen molar-refractivity contribution in [1.82, 2.24) is 4.90 Å². The van der Waals surface area contributed by atoms with Gasteiger partial charge in [0.15, 0.2) is 0 Å². The molecule has 0 spiro atoms. The molecule has 4 nitrogen and oxygen atoms in total. The van der Waals surface area contributed by atoms with Gasteiger partial charge in [0.1, 0.15) is 5.75 Å². The summed E-state index contributed by atoms with van der Waals surface area (Å²) in [4.78, 5) is 2.48. The lowest BCUT2D eigenvalue weighted by Gasteiger charge is -2.36. The SMILES string of the molecule is COc1cccc([C@H]2CCCCN2CCOCCO)c1. The molecule has 1 saturated heterocycles. The molecule has 20 heavy (non-hydrogen) atoms. The summed E-state index contributed by atoms with van der Waals surface area (Å²) in [5.41, 5.74) is 1.33. The molecule has 2 rings (SSSR count). The number of hydrogen-bond acceptors (Lipinski definition) is 4. The standard InChI is InChI=1S/C16H25NO3/c1-19-15-6-4-5-14(13-15)16-7-2-3-8-17(16)9-11-20-12-10-18/h4-6,13,16,18H,2-3,7-12H2,1H3/t16-/m1/s1. The van der Waals surface area contributed by atoms with Gasteiger partial charge in [-0.15, -0.1) is 0 Å². The minimum absolute atomic E-state index is 0.0965. The van der Waals surface area contributed by atoms with Crippen molar-refractivity contribution in [3.63, 3.8) is 0 Å². The Bertz CT molecular complexity index is 397. The van der Waals surface area contributed by atoms with Gasteiger partial charge in [-0.1, -0.05) is 18.6 Å². The van der Waals surface area contributed by atoms with Crippen molar-refractivity contribution in [2.24, 2.45) is 0 Å². The minimum atomic E-state index is 0.0965. The van der Waals surface area contributed by atoms with E-state index in [1.165, 1.54) is 24.8 Å². The third-order valence-electron chi connectivity index (χ3n) is 3.85. The summed E-state index contributed by atoms with van der Waals surface area (Å²) in [6, 6.07) is 8.82. The van der Waals surface area contributed by atoms with E-state index in [4.69, 9.17) is 14.6 Å². The number of likely N-dealkylation sites (tertiary alicyclic amines) is 1. The lowest BCUT2D eigenvalue weighted by molar-refractivity contribution is 0.0531. The van der Waals surface area contributed by atoms with Crippen LogP contribution in [0.4, 0.5) is 0 Å². The van der Waals surface area contributed by atoms with Crippen molar-refractivity contribution in [3.05, 3.63) is 29.8 Å². The molecule has 0 amide bonds. The van der Waals surface area contributed by atoms with Gasteiger partial charge in [-0.25, -0.2) is 0 Å². The van der Waals surface area contributed by atoms with Crippen LogP contribution in [-0.2, 0) is 4.74 Å². The first-order valence-electron chi connectivity index (χ1n) is 7.41. The molecular weight excluding hydrogens is 254 g/mol. The van der Waals surface area contributed by atoms with E-state index in [2.05, 4.69) is 23.1 Å². The number of benzene rings is 1. The number of aliphatic hydroxyl groups excluding tert-OH is 1.